The number of thiazole rings is 1. The van der Waals surface area contributed by atoms with Crippen LogP contribution in [0.15, 0.2) is 29.6 Å². The van der Waals surface area contributed by atoms with Crippen molar-refractivity contribution < 1.29 is 4.74 Å². The summed E-state index contributed by atoms with van der Waals surface area (Å²) in [4.78, 5) is 3.15. The molecule has 4 heteroatoms. The van der Waals surface area contributed by atoms with Gasteiger partial charge in [0, 0.05) is 5.38 Å². The number of hydrogen-bond donors (Lipinski definition) is 1. The van der Waals surface area contributed by atoms with Crippen LogP contribution in [0.25, 0.3) is 11.3 Å². The van der Waals surface area contributed by atoms with E-state index < -0.39 is 0 Å². The molecule has 2 rings (SSSR count). The van der Waals surface area contributed by atoms with Gasteiger partial charge in [0.1, 0.15) is 5.75 Å². The molecule has 0 amide bonds. The minimum Gasteiger partial charge on any atom is -0.494 e. The Labute approximate surface area is 104 Å². The Kier molecular flexibility index (Phi) is 3.74. The lowest BCUT2D eigenvalue weighted by Crippen LogP contribution is -1.94. The molecule has 0 atom stereocenters. The minimum atomic E-state index is 0.764. The van der Waals surface area contributed by atoms with E-state index in [0.717, 1.165) is 34.0 Å². The summed E-state index contributed by atoms with van der Waals surface area (Å²) < 4.78 is 6.33. The maximum absolute atomic E-state index is 5.52. The lowest BCUT2D eigenvalue weighted by atomic mass is 10.2. The fraction of sp³-hybridized carbons (Fsp3) is 0.250. The van der Waals surface area contributed by atoms with Crippen molar-refractivity contribution in [2.45, 2.75) is 13.3 Å². The molecule has 0 aliphatic heterocycles. The molecule has 0 aliphatic carbocycles. The van der Waals surface area contributed by atoms with E-state index in [2.05, 4.69) is 11.9 Å². The van der Waals surface area contributed by atoms with Crippen LogP contribution in [-0.4, -0.2) is 11.6 Å². The van der Waals surface area contributed by atoms with Gasteiger partial charge in [-0.25, -0.2) is 0 Å². The van der Waals surface area contributed by atoms with Gasteiger partial charge in [0.25, 0.3) is 0 Å². The standard InChI is InChI=1S/C12H13NOS2/c1-2-7-14-10-5-3-9(4-6-10)11-8-16-12(15)13-11/h3-6,8H,2,7H2,1H3,(H,13,15). The smallest absolute Gasteiger partial charge is 0.158 e. The number of hydrogen-bond acceptors (Lipinski definition) is 3. The summed E-state index contributed by atoms with van der Waals surface area (Å²) in [5.41, 5.74) is 2.20. The predicted octanol–water partition coefficient (Wildman–Crippen LogP) is 4.26. The third kappa shape index (κ3) is 2.71. The van der Waals surface area contributed by atoms with Crippen molar-refractivity contribution in [3.8, 4) is 17.0 Å². The average molecular weight is 251 g/mol. The quantitative estimate of drug-likeness (QED) is 0.821. The molecule has 0 aliphatic rings. The summed E-state index contributed by atoms with van der Waals surface area (Å²) in [5, 5.41) is 2.03. The fourth-order valence-electron chi connectivity index (χ4n) is 1.37. The summed E-state index contributed by atoms with van der Waals surface area (Å²) in [6.45, 7) is 2.86. The van der Waals surface area contributed by atoms with Crippen molar-refractivity contribution in [3.63, 3.8) is 0 Å². The van der Waals surface area contributed by atoms with E-state index in [4.69, 9.17) is 17.0 Å². The Bertz CT molecular complexity index is 498. The molecule has 0 fully saturated rings. The van der Waals surface area contributed by atoms with E-state index in [0.29, 0.717) is 0 Å². The Morgan fingerprint density at radius 2 is 2.06 bits per heavy atom. The Morgan fingerprint density at radius 3 is 2.62 bits per heavy atom. The zero-order chi connectivity index (χ0) is 11.4. The molecule has 1 aromatic carbocycles. The monoisotopic (exact) mass is 251 g/mol. The largest absolute Gasteiger partial charge is 0.494 e. The third-order valence-corrected chi connectivity index (χ3v) is 3.22. The topological polar surface area (TPSA) is 25.0 Å². The van der Waals surface area contributed by atoms with Crippen molar-refractivity contribution in [3.05, 3.63) is 33.6 Å². The molecule has 1 N–H and O–H groups in total. The number of aromatic amines is 1. The zero-order valence-corrected chi connectivity index (χ0v) is 10.7. The number of nitrogens with one attached hydrogen (secondary N) is 1. The van der Waals surface area contributed by atoms with Crippen LogP contribution in [0.4, 0.5) is 0 Å². The summed E-state index contributed by atoms with van der Waals surface area (Å²) in [7, 11) is 0. The number of H-pyrrole nitrogens is 1. The zero-order valence-electron chi connectivity index (χ0n) is 9.03. The van der Waals surface area contributed by atoms with Gasteiger partial charge < -0.3 is 9.72 Å². The van der Waals surface area contributed by atoms with Gasteiger partial charge in [-0.3, -0.25) is 0 Å². The minimum absolute atomic E-state index is 0.764. The SMILES string of the molecule is CCCOc1ccc(-c2csc(=S)[nH]2)cc1. The molecule has 0 saturated heterocycles. The van der Waals surface area contributed by atoms with E-state index >= 15 is 0 Å². The van der Waals surface area contributed by atoms with Gasteiger partial charge >= 0.3 is 0 Å². The molecule has 0 unspecified atom stereocenters. The van der Waals surface area contributed by atoms with Crippen molar-refractivity contribution in [2.75, 3.05) is 6.61 Å². The van der Waals surface area contributed by atoms with Gasteiger partial charge in [0.2, 0.25) is 0 Å². The van der Waals surface area contributed by atoms with Crippen LogP contribution in [0, 0.1) is 3.95 Å². The first-order valence-corrected chi connectivity index (χ1v) is 6.49. The molecule has 0 spiro atoms. The Hall–Kier alpha value is -1.13. The van der Waals surface area contributed by atoms with Crippen molar-refractivity contribution in [2.24, 2.45) is 0 Å². The molecular weight excluding hydrogens is 238 g/mol. The second-order valence-corrected chi connectivity index (χ2v) is 4.98. The van der Waals surface area contributed by atoms with E-state index in [1.807, 2.05) is 29.6 Å². The van der Waals surface area contributed by atoms with Gasteiger partial charge in [-0.2, -0.15) is 0 Å². The molecule has 0 radical (unpaired) electrons. The predicted molar refractivity (Wildman–Crippen MR) is 70.7 cm³/mol. The normalized spacial score (nSPS) is 10.3. The maximum Gasteiger partial charge on any atom is 0.158 e. The first kappa shape index (κ1) is 11.4. The van der Waals surface area contributed by atoms with Gasteiger partial charge in [-0.15, -0.1) is 11.3 Å². The van der Waals surface area contributed by atoms with E-state index in [1.54, 1.807) is 11.3 Å². The van der Waals surface area contributed by atoms with Crippen LogP contribution in [-0.2, 0) is 0 Å². The molecule has 1 heterocycles. The number of aromatic nitrogens is 1. The summed E-state index contributed by atoms with van der Waals surface area (Å²) in [6.07, 6.45) is 1.03. The second-order valence-electron chi connectivity index (χ2n) is 3.43. The lowest BCUT2D eigenvalue weighted by Gasteiger charge is -2.04. The molecule has 16 heavy (non-hydrogen) atoms. The van der Waals surface area contributed by atoms with Crippen molar-refractivity contribution >= 4 is 23.6 Å². The molecule has 2 nitrogen and oxygen atoms in total. The summed E-state index contributed by atoms with van der Waals surface area (Å²) in [5.74, 6) is 0.916. The highest BCUT2D eigenvalue weighted by molar-refractivity contribution is 7.73. The molecule has 84 valence electrons. The highest BCUT2D eigenvalue weighted by Crippen LogP contribution is 2.22. The Morgan fingerprint density at radius 1 is 1.31 bits per heavy atom. The van der Waals surface area contributed by atoms with Gasteiger partial charge in [0.05, 0.1) is 12.3 Å². The van der Waals surface area contributed by atoms with Crippen LogP contribution in [0.3, 0.4) is 0 Å². The van der Waals surface area contributed by atoms with Gasteiger partial charge in [0.15, 0.2) is 3.95 Å². The Balaban J connectivity index is 2.16. The van der Waals surface area contributed by atoms with Crippen LogP contribution in [0.1, 0.15) is 13.3 Å². The van der Waals surface area contributed by atoms with Crippen molar-refractivity contribution in [1.82, 2.24) is 4.98 Å². The van der Waals surface area contributed by atoms with Gasteiger partial charge in [-0.1, -0.05) is 6.92 Å². The highest BCUT2D eigenvalue weighted by atomic mass is 32.1. The first-order chi connectivity index (χ1) is 7.79. The van der Waals surface area contributed by atoms with Crippen LogP contribution in [0.5, 0.6) is 5.75 Å². The number of ether oxygens (including phenoxy) is 1. The van der Waals surface area contributed by atoms with Crippen molar-refractivity contribution in [1.29, 1.82) is 0 Å². The fourth-order valence-corrected chi connectivity index (χ4v) is 2.22. The van der Waals surface area contributed by atoms with E-state index in [9.17, 15) is 0 Å². The highest BCUT2D eigenvalue weighted by Gasteiger charge is 1.99. The summed E-state index contributed by atoms with van der Waals surface area (Å²) in [6, 6.07) is 8.05. The van der Waals surface area contributed by atoms with Crippen LogP contribution in [0.2, 0.25) is 0 Å². The molecule has 0 saturated carbocycles. The molecule has 2 aromatic rings. The molecule has 1 aromatic heterocycles. The lowest BCUT2D eigenvalue weighted by molar-refractivity contribution is 0.317. The van der Waals surface area contributed by atoms with Crippen LogP contribution < -0.4 is 4.74 Å². The maximum atomic E-state index is 5.52. The van der Waals surface area contributed by atoms with Gasteiger partial charge in [-0.05, 0) is 48.5 Å². The summed E-state index contributed by atoms with van der Waals surface area (Å²) >= 11 is 6.60. The van der Waals surface area contributed by atoms with Crippen LogP contribution >= 0.6 is 23.6 Å². The third-order valence-electron chi connectivity index (χ3n) is 2.16. The molecule has 0 bridgehead atoms. The number of benzene rings is 1. The molecular formula is C12H13NOS2. The number of rotatable bonds is 4. The average Bonchev–Trinajstić information content (AvgIpc) is 2.74. The van der Waals surface area contributed by atoms with E-state index in [1.165, 1.54) is 0 Å². The van der Waals surface area contributed by atoms with E-state index in [-0.39, 0.29) is 0 Å². The first-order valence-electron chi connectivity index (χ1n) is 5.20. The second kappa shape index (κ2) is 5.27.